The zero-order valence-electron chi connectivity index (χ0n) is 23.7. The van der Waals surface area contributed by atoms with Crippen molar-refractivity contribution in [1.29, 1.82) is 0 Å². The van der Waals surface area contributed by atoms with E-state index in [1.165, 1.54) is 13.3 Å². The Balaban J connectivity index is 1.69. The van der Waals surface area contributed by atoms with E-state index in [1.807, 2.05) is 6.92 Å². The van der Waals surface area contributed by atoms with Crippen molar-refractivity contribution < 1.29 is 38.4 Å². The molecule has 0 spiro atoms. The molecule has 4 N–H and O–H groups in total. The van der Waals surface area contributed by atoms with E-state index >= 15 is 0 Å². The van der Waals surface area contributed by atoms with Crippen LogP contribution in [-0.4, -0.2) is 63.1 Å². The lowest BCUT2D eigenvalue weighted by atomic mass is 9.95. The molecule has 1 aliphatic heterocycles. The average molecular weight is 646 g/mol. The first-order valence-electron chi connectivity index (χ1n) is 13.0. The summed E-state index contributed by atoms with van der Waals surface area (Å²) < 4.78 is 28.3. The topological polar surface area (TPSA) is 149 Å². The number of aliphatic hydroxyl groups is 1. The third kappa shape index (κ3) is 8.31. The lowest BCUT2D eigenvalue weighted by molar-refractivity contribution is -0.136. The Morgan fingerprint density at radius 3 is 2.60 bits per heavy atom. The standard InChI is InChI=1S/C29H33BrN4O8/c1-6-11-41-27-20(30)12-18(13-23(27)40-8-3)15-31-34-24(35)16-42-21-10-9-19(14-22(21)39-7-2)26-25(28(36)38-5)17(4)32-29(37)33-26/h1,9-10,12-15,24,26,34-35H,7-8,11,16H2,2-5H3,(H2,32,33,37)/b31-15-/t24-,26+/m0/s1. The monoisotopic (exact) mass is 644 g/mol. The highest BCUT2D eigenvalue weighted by molar-refractivity contribution is 9.10. The summed E-state index contributed by atoms with van der Waals surface area (Å²) in [6.45, 7) is 5.96. The number of amides is 2. The van der Waals surface area contributed by atoms with Crippen LogP contribution in [0.1, 0.15) is 37.9 Å². The minimum Gasteiger partial charge on any atom is -0.490 e. The van der Waals surface area contributed by atoms with Gasteiger partial charge in [-0.15, -0.1) is 6.42 Å². The maximum atomic E-state index is 12.4. The van der Waals surface area contributed by atoms with Crippen molar-refractivity contribution in [2.75, 3.05) is 33.5 Å². The number of ether oxygens (including phenoxy) is 5. The Hall–Kier alpha value is -4.41. The van der Waals surface area contributed by atoms with E-state index in [1.54, 1.807) is 44.2 Å². The lowest BCUT2D eigenvalue weighted by Crippen LogP contribution is -2.45. The summed E-state index contributed by atoms with van der Waals surface area (Å²) in [5.41, 5.74) is 4.51. The van der Waals surface area contributed by atoms with Gasteiger partial charge in [-0.25, -0.2) is 9.59 Å². The summed E-state index contributed by atoms with van der Waals surface area (Å²) in [6.07, 6.45) is 5.63. The Morgan fingerprint density at radius 1 is 1.17 bits per heavy atom. The maximum absolute atomic E-state index is 12.4. The van der Waals surface area contributed by atoms with Gasteiger partial charge in [0.2, 0.25) is 0 Å². The van der Waals surface area contributed by atoms with Crippen LogP contribution in [0.25, 0.3) is 0 Å². The second kappa shape index (κ2) is 15.6. The number of hydrogen-bond donors (Lipinski definition) is 4. The summed E-state index contributed by atoms with van der Waals surface area (Å²) in [4.78, 5) is 24.6. The van der Waals surface area contributed by atoms with E-state index in [0.717, 1.165) is 0 Å². The molecule has 0 bridgehead atoms. The molecule has 0 aliphatic carbocycles. The second-order valence-corrected chi connectivity index (χ2v) is 9.53. The van der Waals surface area contributed by atoms with Gasteiger partial charge in [-0.1, -0.05) is 12.0 Å². The number of rotatable bonds is 14. The van der Waals surface area contributed by atoms with Gasteiger partial charge < -0.3 is 39.4 Å². The van der Waals surface area contributed by atoms with Gasteiger partial charge in [0.05, 0.1) is 42.6 Å². The van der Waals surface area contributed by atoms with E-state index in [-0.39, 0.29) is 18.8 Å². The summed E-state index contributed by atoms with van der Waals surface area (Å²) in [5, 5.41) is 19.8. The number of benzene rings is 2. The van der Waals surface area contributed by atoms with E-state index in [0.29, 0.717) is 57.5 Å². The molecule has 0 saturated heterocycles. The Bertz CT molecular complexity index is 1390. The summed E-state index contributed by atoms with van der Waals surface area (Å²) in [6, 6.07) is 7.27. The molecular weight excluding hydrogens is 612 g/mol. The first-order valence-corrected chi connectivity index (χ1v) is 13.8. The molecule has 0 radical (unpaired) electrons. The smallest absolute Gasteiger partial charge is 0.337 e. The van der Waals surface area contributed by atoms with Crippen molar-refractivity contribution in [2.45, 2.75) is 33.0 Å². The normalized spacial score (nSPS) is 15.3. The molecule has 3 rings (SSSR count). The van der Waals surface area contributed by atoms with E-state index in [4.69, 9.17) is 30.1 Å². The first-order chi connectivity index (χ1) is 20.2. The van der Waals surface area contributed by atoms with E-state index in [2.05, 4.69) is 43.0 Å². The SMILES string of the molecule is C#CCOc1c(Br)cc(/C=N\N[C@@H](O)COc2ccc([C@H]3NC(=O)NC(C)=C3C(=O)OC)cc2OCC)cc1OCC. The van der Waals surface area contributed by atoms with Crippen LogP contribution in [0.5, 0.6) is 23.0 Å². The molecule has 2 amide bonds. The van der Waals surface area contributed by atoms with Crippen LogP contribution in [-0.2, 0) is 9.53 Å². The van der Waals surface area contributed by atoms with Gasteiger partial charge >= 0.3 is 12.0 Å². The molecule has 0 fully saturated rings. The predicted molar refractivity (Wildman–Crippen MR) is 159 cm³/mol. The van der Waals surface area contributed by atoms with Crippen molar-refractivity contribution in [3.63, 3.8) is 0 Å². The number of urea groups is 1. The van der Waals surface area contributed by atoms with Gasteiger partial charge in [-0.3, -0.25) is 5.43 Å². The summed E-state index contributed by atoms with van der Waals surface area (Å²) in [7, 11) is 1.27. The summed E-state index contributed by atoms with van der Waals surface area (Å²) in [5.74, 6) is 3.53. The Labute approximate surface area is 252 Å². The van der Waals surface area contributed by atoms with Crippen LogP contribution in [0.3, 0.4) is 0 Å². The number of esters is 1. The maximum Gasteiger partial charge on any atom is 0.337 e. The number of aliphatic hydroxyl groups excluding tert-OH is 1. The van der Waals surface area contributed by atoms with E-state index < -0.39 is 24.3 Å². The van der Waals surface area contributed by atoms with Crippen molar-refractivity contribution in [2.24, 2.45) is 5.10 Å². The van der Waals surface area contributed by atoms with Crippen molar-refractivity contribution in [1.82, 2.24) is 16.1 Å². The van der Waals surface area contributed by atoms with Crippen molar-refractivity contribution >= 4 is 34.1 Å². The van der Waals surface area contributed by atoms with Crippen LogP contribution in [0.15, 0.2) is 51.2 Å². The van der Waals surface area contributed by atoms with Gasteiger partial charge in [-0.2, -0.15) is 5.10 Å². The predicted octanol–water partition coefficient (Wildman–Crippen LogP) is 3.38. The molecule has 0 unspecified atom stereocenters. The van der Waals surface area contributed by atoms with Gasteiger partial charge in [0.1, 0.15) is 13.2 Å². The number of halogens is 1. The molecule has 2 aromatic carbocycles. The number of carbonyl (C=O) groups excluding carboxylic acids is 2. The van der Waals surface area contributed by atoms with Crippen molar-refractivity contribution in [3.05, 3.63) is 57.2 Å². The van der Waals surface area contributed by atoms with Gasteiger partial charge in [0, 0.05) is 5.70 Å². The molecule has 13 heteroatoms. The number of terminal acetylenes is 1. The number of hydrazone groups is 1. The summed E-state index contributed by atoms with van der Waals surface area (Å²) >= 11 is 3.45. The molecule has 42 heavy (non-hydrogen) atoms. The minimum atomic E-state index is -1.16. The van der Waals surface area contributed by atoms with Gasteiger partial charge in [-0.05, 0) is 72.1 Å². The molecular formula is C29H33BrN4O8. The van der Waals surface area contributed by atoms with Gasteiger partial charge in [0.25, 0.3) is 0 Å². The highest BCUT2D eigenvalue weighted by atomic mass is 79.9. The number of allylic oxidation sites excluding steroid dienone is 1. The van der Waals surface area contributed by atoms with Crippen LogP contribution in [0.4, 0.5) is 4.79 Å². The zero-order valence-corrected chi connectivity index (χ0v) is 25.2. The Morgan fingerprint density at radius 2 is 1.90 bits per heavy atom. The number of nitrogens with one attached hydrogen (secondary N) is 3. The number of hydrogen-bond acceptors (Lipinski definition) is 10. The molecule has 12 nitrogen and oxygen atoms in total. The molecule has 2 atom stereocenters. The van der Waals surface area contributed by atoms with Gasteiger partial charge in [0.15, 0.2) is 29.2 Å². The third-order valence-corrected chi connectivity index (χ3v) is 6.33. The highest BCUT2D eigenvalue weighted by Crippen LogP contribution is 2.37. The largest absolute Gasteiger partial charge is 0.490 e. The number of nitrogens with zero attached hydrogens (tertiary/aromatic N) is 1. The number of methoxy groups -OCH3 is 1. The second-order valence-electron chi connectivity index (χ2n) is 8.67. The van der Waals surface area contributed by atoms with Crippen LogP contribution in [0.2, 0.25) is 0 Å². The fraction of sp³-hybridized carbons (Fsp3) is 0.345. The fourth-order valence-electron chi connectivity index (χ4n) is 4.00. The van der Waals surface area contributed by atoms with Crippen LogP contribution < -0.4 is 35.0 Å². The highest BCUT2D eigenvalue weighted by Gasteiger charge is 2.32. The first kappa shape index (κ1) is 32.1. The van der Waals surface area contributed by atoms with Crippen molar-refractivity contribution in [3.8, 4) is 35.3 Å². The lowest BCUT2D eigenvalue weighted by Gasteiger charge is -2.28. The zero-order chi connectivity index (χ0) is 30.6. The Kier molecular flexibility index (Phi) is 11.9. The molecule has 2 aromatic rings. The third-order valence-electron chi connectivity index (χ3n) is 5.74. The molecule has 1 heterocycles. The molecule has 1 aliphatic rings. The van der Waals surface area contributed by atoms with E-state index in [9.17, 15) is 14.7 Å². The molecule has 224 valence electrons. The molecule has 0 aromatic heterocycles. The number of carbonyl (C=O) groups is 2. The quantitative estimate of drug-likeness (QED) is 0.0798. The molecule has 0 saturated carbocycles. The minimum absolute atomic E-state index is 0.0907. The fourth-order valence-corrected chi connectivity index (χ4v) is 4.57. The van der Waals surface area contributed by atoms with Crippen LogP contribution in [0, 0.1) is 12.3 Å². The van der Waals surface area contributed by atoms with Crippen LogP contribution >= 0.6 is 15.9 Å². The average Bonchev–Trinajstić information content (AvgIpc) is 2.95.